The van der Waals surface area contributed by atoms with Crippen molar-refractivity contribution < 1.29 is 55.3 Å². The third kappa shape index (κ3) is 9.89. The van der Waals surface area contributed by atoms with Crippen molar-refractivity contribution in [1.29, 1.82) is 0 Å². The topological polar surface area (TPSA) is 103 Å². The lowest BCUT2D eigenvalue weighted by Crippen LogP contribution is -2.60. The molecule has 2 aliphatic rings. The number of aliphatic carboxylic acids is 2. The number of likely N-dealkylation sites (tertiary alicyclic amines) is 1. The standard InChI is InChI=1S/C16H26N2O2.2C2HF3O2/c1-3-18-10-13-6-4-9-20-16(13)15(12-18)17(2)11-14-7-5-8-19-14;2*3-2(4,5)1(6)7/h5,7-8,13,15-16H,3-4,6,9-12H2,1-2H3;2*(H,6,7)/t13-,15+,16-;;/m0../s1. The van der Waals surface area contributed by atoms with Gasteiger partial charge in [0.2, 0.25) is 0 Å². The number of likely N-dealkylation sites (N-methyl/N-ethyl adjacent to an activating group) is 2. The van der Waals surface area contributed by atoms with Gasteiger partial charge in [0.05, 0.1) is 18.9 Å². The fraction of sp³-hybridized carbons (Fsp3) is 0.700. The smallest absolute Gasteiger partial charge is 0.475 e. The van der Waals surface area contributed by atoms with E-state index >= 15 is 0 Å². The summed E-state index contributed by atoms with van der Waals surface area (Å²) in [4.78, 5) is 22.8. The zero-order valence-electron chi connectivity index (χ0n) is 18.6. The van der Waals surface area contributed by atoms with Crippen molar-refractivity contribution in [1.82, 2.24) is 9.80 Å². The number of halogens is 6. The summed E-state index contributed by atoms with van der Waals surface area (Å²) >= 11 is 0. The van der Waals surface area contributed by atoms with E-state index in [0.29, 0.717) is 18.1 Å². The molecule has 3 heterocycles. The van der Waals surface area contributed by atoms with Crippen molar-refractivity contribution in [3.8, 4) is 0 Å². The predicted octanol–water partition coefficient (Wildman–Crippen LogP) is 3.48. The van der Waals surface area contributed by atoms with Crippen LogP contribution in [0.15, 0.2) is 22.8 Å². The Morgan fingerprint density at radius 2 is 1.68 bits per heavy atom. The van der Waals surface area contributed by atoms with Crippen molar-refractivity contribution >= 4 is 11.9 Å². The van der Waals surface area contributed by atoms with Crippen LogP contribution < -0.4 is 0 Å². The summed E-state index contributed by atoms with van der Waals surface area (Å²) in [6.07, 6.45) is -5.49. The fourth-order valence-electron chi connectivity index (χ4n) is 3.67. The minimum Gasteiger partial charge on any atom is -0.475 e. The molecule has 196 valence electrons. The number of rotatable bonds is 4. The molecule has 0 amide bonds. The number of carbonyl (C=O) groups is 2. The average molecular weight is 506 g/mol. The number of fused-ring (bicyclic) bond motifs is 1. The molecule has 0 radical (unpaired) electrons. The number of ether oxygens (including phenoxy) is 1. The van der Waals surface area contributed by atoms with E-state index < -0.39 is 24.3 Å². The molecule has 0 aliphatic carbocycles. The second-order valence-electron chi connectivity index (χ2n) is 7.76. The van der Waals surface area contributed by atoms with Crippen LogP contribution in [0.25, 0.3) is 0 Å². The number of carboxylic acid groups (broad SMARTS) is 2. The summed E-state index contributed by atoms with van der Waals surface area (Å²) < 4.78 is 75.1. The van der Waals surface area contributed by atoms with E-state index in [1.165, 1.54) is 19.4 Å². The summed E-state index contributed by atoms with van der Waals surface area (Å²) in [6, 6.07) is 4.48. The highest BCUT2D eigenvalue weighted by Crippen LogP contribution is 2.31. The molecule has 8 nitrogen and oxygen atoms in total. The molecule has 3 atom stereocenters. The number of hydrogen-bond acceptors (Lipinski definition) is 6. The molecule has 3 rings (SSSR count). The van der Waals surface area contributed by atoms with E-state index in [1.54, 1.807) is 6.26 Å². The van der Waals surface area contributed by atoms with Crippen LogP contribution in [-0.2, 0) is 20.9 Å². The van der Waals surface area contributed by atoms with Gasteiger partial charge in [-0.1, -0.05) is 6.92 Å². The fourth-order valence-corrected chi connectivity index (χ4v) is 3.67. The molecular formula is C20H28F6N2O6. The maximum Gasteiger partial charge on any atom is 0.490 e. The molecule has 2 aliphatic heterocycles. The Morgan fingerprint density at radius 1 is 1.12 bits per heavy atom. The second kappa shape index (κ2) is 13.0. The molecule has 0 aromatic carbocycles. The van der Waals surface area contributed by atoms with Gasteiger partial charge in [-0.25, -0.2) is 9.59 Å². The van der Waals surface area contributed by atoms with Crippen LogP contribution in [0, 0.1) is 5.92 Å². The molecule has 2 saturated heterocycles. The Morgan fingerprint density at radius 3 is 2.12 bits per heavy atom. The van der Waals surface area contributed by atoms with Gasteiger partial charge in [-0.05, 0) is 44.5 Å². The van der Waals surface area contributed by atoms with Gasteiger partial charge < -0.3 is 24.3 Å². The highest BCUT2D eigenvalue weighted by molar-refractivity contribution is 5.73. The average Bonchev–Trinajstić information content (AvgIpc) is 3.25. The number of hydrogen-bond donors (Lipinski definition) is 2. The van der Waals surface area contributed by atoms with Gasteiger partial charge in [-0.3, -0.25) is 4.90 Å². The maximum absolute atomic E-state index is 10.6. The van der Waals surface area contributed by atoms with Crippen molar-refractivity contribution in [3.63, 3.8) is 0 Å². The van der Waals surface area contributed by atoms with E-state index in [-0.39, 0.29) is 0 Å². The lowest BCUT2D eigenvalue weighted by molar-refractivity contribution is -0.193. The molecule has 2 fully saturated rings. The largest absolute Gasteiger partial charge is 0.490 e. The molecular weight excluding hydrogens is 478 g/mol. The number of piperidine rings is 1. The van der Waals surface area contributed by atoms with Gasteiger partial charge in [0.1, 0.15) is 5.76 Å². The molecule has 14 heteroatoms. The predicted molar refractivity (Wildman–Crippen MR) is 106 cm³/mol. The van der Waals surface area contributed by atoms with Crippen LogP contribution in [0.4, 0.5) is 26.3 Å². The van der Waals surface area contributed by atoms with Gasteiger partial charge >= 0.3 is 24.3 Å². The van der Waals surface area contributed by atoms with Crippen LogP contribution in [-0.4, -0.2) is 89.7 Å². The summed E-state index contributed by atoms with van der Waals surface area (Å²) in [5.41, 5.74) is 0. The van der Waals surface area contributed by atoms with Gasteiger partial charge in [0.25, 0.3) is 0 Å². The molecule has 0 unspecified atom stereocenters. The van der Waals surface area contributed by atoms with Gasteiger partial charge in [0.15, 0.2) is 0 Å². The first-order valence-corrected chi connectivity index (χ1v) is 10.3. The minimum atomic E-state index is -5.08. The van der Waals surface area contributed by atoms with Crippen LogP contribution in [0.1, 0.15) is 25.5 Å². The minimum absolute atomic E-state index is 0.395. The summed E-state index contributed by atoms with van der Waals surface area (Å²) in [7, 11) is 2.20. The lowest BCUT2D eigenvalue weighted by atomic mass is 9.85. The number of carboxylic acids is 2. The van der Waals surface area contributed by atoms with Crippen LogP contribution in [0.2, 0.25) is 0 Å². The third-order valence-corrected chi connectivity index (χ3v) is 5.30. The summed E-state index contributed by atoms with van der Waals surface area (Å²) in [5, 5.41) is 14.2. The van der Waals surface area contributed by atoms with E-state index in [9.17, 15) is 26.3 Å². The quantitative estimate of drug-likeness (QED) is 0.599. The van der Waals surface area contributed by atoms with Crippen molar-refractivity contribution in [3.05, 3.63) is 24.2 Å². The Hall–Kier alpha value is -2.32. The lowest BCUT2D eigenvalue weighted by Gasteiger charge is -2.48. The first-order valence-electron chi connectivity index (χ1n) is 10.3. The van der Waals surface area contributed by atoms with Gasteiger partial charge in [-0.15, -0.1) is 0 Å². The van der Waals surface area contributed by atoms with E-state index in [4.69, 9.17) is 29.0 Å². The SMILES string of the molecule is CCN1C[C@@H]2CCCO[C@@H]2[C@H](N(C)Cc2ccco2)C1.O=C(O)C(F)(F)F.O=C(O)C(F)(F)F. The summed E-state index contributed by atoms with van der Waals surface area (Å²) in [5.74, 6) is -3.78. The molecule has 34 heavy (non-hydrogen) atoms. The number of alkyl halides is 6. The third-order valence-electron chi connectivity index (χ3n) is 5.30. The normalized spacial score (nSPS) is 23.1. The summed E-state index contributed by atoms with van der Waals surface area (Å²) in [6.45, 7) is 7.49. The number of furan rings is 1. The first-order chi connectivity index (χ1) is 15.7. The Bertz CT molecular complexity index is 732. The Labute approximate surface area is 192 Å². The van der Waals surface area contributed by atoms with Crippen molar-refractivity contribution in [2.24, 2.45) is 5.92 Å². The highest BCUT2D eigenvalue weighted by atomic mass is 19.4. The Balaban J connectivity index is 0.000000343. The van der Waals surface area contributed by atoms with E-state index in [0.717, 1.165) is 32.0 Å². The first kappa shape index (κ1) is 29.7. The zero-order valence-corrected chi connectivity index (χ0v) is 18.6. The van der Waals surface area contributed by atoms with E-state index in [1.807, 2.05) is 6.07 Å². The molecule has 0 saturated carbocycles. The van der Waals surface area contributed by atoms with E-state index in [2.05, 4.69) is 29.8 Å². The monoisotopic (exact) mass is 506 g/mol. The molecule has 0 spiro atoms. The van der Waals surface area contributed by atoms with Crippen molar-refractivity contribution in [2.75, 3.05) is 33.3 Å². The molecule has 1 aromatic heterocycles. The highest BCUT2D eigenvalue weighted by Gasteiger charge is 2.41. The Kier molecular flexibility index (Phi) is 11.3. The van der Waals surface area contributed by atoms with Crippen LogP contribution in [0.3, 0.4) is 0 Å². The molecule has 1 aromatic rings. The maximum atomic E-state index is 10.6. The van der Waals surface area contributed by atoms with Crippen LogP contribution >= 0.6 is 0 Å². The van der Waals surface area contributed by atoms with Crippen molar-refractivity contribution in [2.45, 2.75) is 50.8 Å². The van der Waals surface area contributed by atoms with Gasteiger partial charge in [0, 0.05) is 25.7 Å². The second-order valence-corrected chi connectivity index (χ2v) is 7.76. The molecule has 2 N–H and O–H groups in total. The zero-order chi connectivity index (χ0) is 26.1. The molecule has 0 bridgehead atoms. The number of nitrogens with zero attached hydrogens (tertiary/aromatic N) is 2. The van der Waals surface area contributed by atoms with Gasteiger partial charge in [-0.2, -0.15) is 26.3 Å². The van der Waals surface area contributed by atoms with Crippen LogP contribution in [0.5, 0.6) is 0 Å².